The standard InChI is InChI=1S/C18H25FN4O/c1-10(6-5-7-23(3)4)15-11(2)20-14-9-12(19)8-13-16(14)17(15)21-22-18(13)24/h8-11,15,20H,5-7H2,1-4H3,(H,22,24)/t10-,11+,15-/m0/s1. The van der Waals surface area contributed by atoms with Gasteiger partial charge in [-0.2, -0.15) is 5.10 Å². The summed E-state index contributed by atoms with van der Waals surface area (Å²) >= 11 is 0. The fourth-order valence-corrected chi connectivity index (χ4v) is 3.89. The van der Waals surface area contributed by atoms with Crippen LogP contribution in [0.2, 0.25) is 0 Å². The molecule has 1 aromatic carbocycles. The predicted molar refractivity (Wildman–Crippen MR) is 95.1 cm³/mol. The van der Waals surface area contributed by atoms with Crippen LogP contribution >= 0.6 is 0 Å². The summed E-state index contributed by atoms with van der Waals surface area (Å²) in [7, 11) is 4.15. The van der Waals surface area contributed by atoms with Gasteiger partial charge in [0.2, 0.25) is 0 Å². The number of aromatic amines is 1. The molecule has 3 rings (SSSR count). The molecular weight excluding hydrogens is 307 g/mol. The van der Waals surface area contributed by atoms with Crippen LogP contribution in [0.4, 0.5) is 10.1 Å². The Morgan fingerprint density at radius 3 is 2.83 bits per heavy atom. The van der Waals surface area contributed by atoms with Gasteiger partial charge in [0.25, 0.3) is 5.56 Å². The van der Waals surface area contributed by atoms with Crippen molar-refractivity contribution in [2.75, 3.05) is 26.0 Å². The van der Waals surface area contributed by atoms with Crippen molar-refractivity contribution < 1.29 is 4.39 Å². The van der Waals surface area contributed by atoms with E-state index < -0.39 is 5.82 Å². The van der Waals surface area contributed by atoms with Gasteiger partial charge in [-0.15, -0.1) is 0 Å². The molecule has 24 heavy (non-hydrogen) atoms. The molecule has 1 aliphatic heterocycles. The average molecular weight is 332 g/mol. The fraction of sp³-hybridized carbons (Fsp3) is 0.556. The molecule has 2 aromatic rings. The molecule has 130 valence electrons. The lowest BCUT2D eigenvalue weighted by atomic mass is 9.78. The van der Waals surface area contributed by atoms with E-state index in [1.165, 1.54) is 12.1 Å². The zero-order valence-corrected chi connectivity index (χ0v) is 14.7. The third-order valence-corrected chi connectivity index (χ3v) is 5.00. The Labute approximate surface area is 141 Å². The van der Waals surface area contributed by atoms with Crippen molar-refractivity contribution in [1.29, 1.82) is 0 Å². The Morgan fingerprint density at radius 2 is 2.12 bits per heavy atom. The summed E-state index contributed by atoms with van der Waals surface area (Å²) in [5.41, 5.74) is 1.20. The van der Waals surface area contributed by atoms with E-state index in [4.69, 9.17) is 0 Å². The molecule has 0 radical (unpaired) electrons. The second-order valence-electron chi connectivity index (χ2n) is 7.20. The highest BCUT2D eigenvalue weighted by Crippen LogP contribution is 2.41. The van der Waals surface area contributed by atoms with E-state index in [0.29, 0.717) is 17.0 Å². The maximum absolute atomic E-state index is 13.8. The quantitative estimate of drug-likeness (QED) is 0.884. The number of H-pyrrole nitrogens is 1. The number of hydrogen-bond acceptors (Lipinski definition) is 4. The van der Waals surface area contributed by atoms with Gasteiger partial charge in [-0.1, -0.05) is 6.92 Å². The molecule has 5 nitrogen and oxygen atoms in total. The van der Waals surface area contributed by atoms with E-state index in [9.17, 15) is 9.18 Å². The largest absolute Gasteiger partial charge is 0.381 e. The summed E-state index contributed by atoms with van der Waals surface area (Å²) in [6.45, 7) is 5.38. The fourth-order valence-electron chi connectivity index (χ4n) is 3.89. The lowest BCUT2D eigenvalue weighted by molar-refractivity contribution is 0.335. The highest BCUT2D eigenvalue weighted by molar-refractivity contribution is 5.96. The van der Waals surface area contributed by atoms with Crippen molar-refractivity contribution >= 4 is 16.5 Å². The van der Waals surface area contributed by atoms with E-state index in [1.54, 1.807) is 0 Å². The van der Waals surface area contributed by atoms with Gasteiger partial charge in [-0.25, -0.2) is 9.49 Å². The number of benzene rings is 1. The van der Waals surface area contributed by atoms with Crippen LogP contribution in [-0.2, 0) is 0 Å². The Balaban J connectivity index is 2.01. The van der Waals surface area contributed by atoms with Gasteiger partial charge in [-0.05, 0) is 58.5 Å². The maximum Gasteiger partial charge on any atom is 0.272 e. The molecule has 0 amide bonds. The molecule has 0 bridgehead atoms. The lowest BCUT2D eigenvalue weighted by Crippen LogP contribution is -2.34. The van der Waals surface area contributed by atoms with Crippen molar-refractivity contribution in [3.8, 4) is 0 Å². The summed E-state index contributed by atoms with van der Waals surface area (Å²) in [6.07, 6.45) is 2.19. The first-order chi connectivity index (χ1) is 11.4. The first-order valence-electron chi connectivity index (χ1n) is 8.51. The topological polar surface area (TPSA) is 61.0 Å². The smallest absolute Gasteiger partial charge is 0.272 e. The van der Waals surface area contributed by atoms with Crippen LogP contribution < -0.4 is 10.9 Å². The number of hydrogen-bond donors (Lipinski definition) is 2. The van der Waals surface area contributed by atoms with Crippen LogP contribution in [-0.4, -0.2) is 41.8 Å². The van der Waals surface area contributed by atoms with Gasteiger partial charge in [0.1, 0.15) is 5.82 Å². The van der Waals surface area contributed by atoms with Crippen molar-refractivity contribution in [1.82, 2.24) is 15.1 Å². The molecule has 0 spiro atoms. The van der Waals surface area contributed by atoms with E-state index in [2.05, 4.69) is 48.4 Å². The Bertz CT molecular complexity index is 801. The van der Waals surface area contributed by atoms with Crippen LogP contribution in [0.3, 0.4) is 0 Å². The van der Waals surface area contributed by atoms with Crippen molar-refractivity contribution in [3.63, 3.8) is 0 Å². The highest BCUT2D eigenvalue weighted by Gasteiger charge is 2.33. The van der Waals surface area contributed by atoms with E-state index in [-0.39, 0.29) is 17.5 Å². The van der Waals surface area contributed by atoms with Crippen LogP contribution in [0.15, 0.2) is 16.9 Å². The predicted octanol–water partition coefficient (Wildman–Crippen LogP) is 2.94. The number of aromatic nitrogens is 2. The van der Waals surface area contributed by atoms with Crippen molar-refractivity contribution in [3.05, 3.63) is 34.0 Å². The molecule has 0 fully saturated rings. The first kappa shape index (κ1) is 16.9. The minimum atomic E-state index is -0.405. The van der Waals surface area contributed by atoms with Gasteiger partial charge in [0.05, 0.1) is 11.1 Å². The number of rotatable bonds is 5. The van der Waals surface area contributed by atoms with Gasteiger partial charge < -0.3 is 10.2 Å². The zero-order valence-electron chi connectivity index (χ0n) is 14.7. The number of halogens is 1. The Morgan fingerprint density at radius 1 is 1.38 bits per heavy atom. The van der Waals surface area contributed by atoms with Crippen LogP contribution in [0.25, 0.3) is 10.8 Å². The van der Waals surface area contributed by atoms with Gasteiger partial charge >= 0.3 is 0 Å². The SMILES string of the molecule is C[C@@H](CCCN(C)C)[C@@H]1c2n[nH]c(=O)c3cc(F)cc(c23)N[C@@H]1C. The number of nitrogens with one attached hydrogen (secondary N) is 2. The van der Waals surface area contributed by atoms with E-state index >= 15 is 0 Å². The normalized spacial score (nSPS) is 21.1. The molecule has 0 saturated heterocycles. The van der Waals surface area contributed by atoms with Crippen LogP contribution in [0.5, 0.6) is 0 Å². The van der Waals surface area contributed by atoms with Crippen molar-refractivity contribution in [2.45, 2.75) is 38.6 Å². The minimum Gasteiger partial charge on any atom is -0.381 e. The molecule has 0 saturated carbocycles. The van der Waals surface area contributed by atoms with E-state index in [1.807, 2.05) is 0 Å². The molecule has 3 atom stereocenters. The summed E-state index contributed by atoms with van der Waals surface area (Å²) in [6, 6.07) is 2.89. The van der Waals surface area contributed by atoms with Crippen LogP contribution in [0.1, 0.15) is 38.3 Å². The number of anilines is 1. The third kappa shape index (κ3) is 3.02. The summed E-state index contributed by atoms with van der Waals surface area (Å²) in [5, 5.41) is 11.4. The third-order valence-electron chi connectivity index (χ3n) is 5.00. The monoisotopic (exact) mass is 332 g/mol. The first-order valence-corrected chi connectivity index (χ1v) is 8.51. The van der Waals surface area contributed by atoms with Gasteiger partial charge in [0, 0.05) is 23.0 Å². The van der Waals surface area contributed by atoms with Gasteiger partial charge in [-0.3, -0.25) is 4.79 Å². The van der Waals surface area contributed by atoms with Crippen molar-refractivity contribution in [2.24, 2.45) is 5.92 Å². The van der Waals surface area contributed by atoms with Gasteiger partial charge in [0.15, 0.2) is 0 Å². The Hall–Kier alpha value is -1.95. The molecule has 1 aromatic heterocycles. The maximum atomic E-state index is 13.8. The molecule has 6 heteroatoms. The van der Waals surface area contributed by atoms with E-state index in [0.717, 1.165) is 30.5 Å². The van der Waals surface area contributed by atoms with Crippen LogP contribution in [0, 0.1) is 11.7 Å². The molecule has 1 aliphatic rings. The second kappa shape index (κ2) is 6.51. The molecule has 0 aliphatic carbocycles. The summed E-state index contributed by atoms with van der Waals surface area (Å²) in [5.74, 6) is 0.189. The molecule has 2 heterocycles. The zero-order chi connectivity index (χ0) is 17.4. The minimum absolute atomic E-state index is 0.134. The molecule has 0 unspecified atom stereocenters. The summed E-state index contributed by atoms with van der Waals surface area (Å²) in [4.78, 5) is 14.2. The summed E-state index contributed by atoms with van der Waals surface area (Å²) < 4.78 is 13.8. The second-order valence-corrected chi connectivity index (χ2v) is 7.20. The average Bonchev–Trinajstić information content (AvgIpc) is 2.49. The highest BCUT2D eigenvalue weighted by atomic mass is 19.1. The number of nitrogens with zero attached hydrogens (tertiary/aromatic N) is 2. The molecule has 2 N–H and O–H groups in total. The lowest BCUT2D eigenvalue weighted by Gasteiger charge is -2.35. The molecular formula is C18H25FN4O. The Kier molecular flexibility index (Phi) is 4.58.